The van der Waals surface area contributed by atoms with E-state index >= 15 is 0 Å². The lowest BCUT2D eigenvalue weighted by atomic mass is 9.97. The average Bonchev–Trinajstić information content (AvgIpc) is 2.22. The molecular weight excluding hydrogens is 202 g/mol. The van der Waals surface area contributed by atoms with Gasteiger partial charge in [0.2, 0.25) is 0 Å². The van der Waals surface area contributed by atoms with Gasteiger partial charge in [0.15, 0.2) is 0 Å². The van der Waals surface area contributed by atoms with E-state index < -0.39 is 0 Å². The molecule has 4 heteroatoms. The first-order valence-electron chi connectivity index (χ1n) is 6.16. The van der Waals surface area contributed by atoms with Gasteiger partial charge in [-0.25, -0.2) is 4.98 Å². The summed E-state index contributed by atoms with van der Waals surface area (Å²) in [7, 11) is 0. The molecule has 0 unspecified atom stereocenters. The zero-order valence-electron chi connectivity index (χ0n) is 9.54. The standard InChI is InChI=1S/C12H19N3O/c16-12-8-11(13-9-14-12)15-10-6-4-2-1-3-5-7-10/h8-10H,1-7H2,(H2,13,14,15,16). The van der Waals surface area contributed by atoms with Crippen molar-refractivity contribution in [3.05, 3.63) is 22.7 Å². The van der Waals surface area contributed by atoms with E-state index in [4.69, 9.17) is 0 Å². The average molecular weight is 221 g/mol. The molecule has 1 fully saturated rings. The van der Waals surface area contributed by atoms with Gasteiger partial charge in [-0.1, -0.05) is 32.1 Å². The van der Waals surface area contributed by atoms with Crippen LogP contribution in [0.5, 0.6) is 0 Å². The van der Waals surface area contributed by atoms with Gasteiger partial charge in [-0.05, 0) is 12.8 Å². The third-order valence-corrected chi connectivity index (χ3v) is 3.14. The Hall–Kier alpha value is -1.32. The minimum absolute atomic E-state index is 0.0941. The van der Waals surface area contributed by atoms with Crippen LogP contribution in [0, 0.1) is 0 Å². The summed E-state index contributed by atoms with van der Waals surface area (Å²) in [6, 6.07) is 2.01. The molecule has 2 N–H and O–H groups in total. The van der Waals surface area contributed by atoms with Crippen molar-refractivity contribution < 1.29 is 0 Å². The molecule has 1 aromatic heterocycles. The lowest BCUT2D eigenvalue weighted by molar-refractivity contribution is 0.470. The second-order valence-electron chi connectivity index (χ2n) is 4.48. The maximum atomic E-state index is 11.1. The number of hydrogen-bond acceptors (Lipinski definition) is 3. The number of anilines is 1. The van der Waals surface area contributed by atoms with Gasteiger partial charge >= 0.3 is 0 Å². The monoisotopic (exact) mass is 221 g/mol. The molecule has 2 rings (SSSR count). The maximum Gasteiger partial charge on any atom is 0.252 e. The van der Waals surface area contributed by atoms with Crippen LogP contribution < -0.4 is 10.9 Å². The summed E-state index contributed by atoms with van der Waals surface area (Å²) in [4.78, 5) is 17.8. The van der Waals surface area contributed by atoms with E-state index in [9.17, 15) is 4.79 Å². The molecule has 1 aliphatic carbocycles. The predicted octanol–water partition coefficient (Wildman–Crippen LogP) is 2.29. The zero-order chi connectivity index (χ0) is 11.2. The van der Waals surface area contributed by atoms with Crippen LogP contribution in [0.25, 0.3) is 0 Å². The van der Waals surface area contributed by atoms with Crippen molar-refractivity contribution >= 4 is 5.82 Å². The normalized spacial score (nSPS) is 18.8. The first-order chi connectivity index (χ1) is 7.84. The molecule has 0 bridgehead atoms. The smallest absolute Gasteiger partial charge is 0.252 e. The molecule has 0 saturated heterocycles. The van der Waals surface area contributed by atoms with Crippen molar-refractivity contribution in [1.29, 1.82) is 0 Å². The molecule has 16 heavy (non-hydrogen) atoms. The first kappa shape index (κ1) is 11.2. The lowest BCUT2D eigenvalue weighted by Crippen LogP contribution is -2.22. The van der Waals surface area contributed by atoms with Crippen molar-refractivity contribution in [2.75, 3.05) is 5.32 Å². The van der Waals surface area contributed by atoms with Crippen molar-refractivity contribution in [3.63, 3.8) is 0 Å². The second kappa shape index (κ2) is 5.68. The molecule has 1 aliphatic rings. The summed E-state index contributed by atoms with van der Waals surface area (Å²) >= 11 is 0. The molecule has 0 amide bonds. The van der Waals surface area contributed by atoms with E-state index in [0.29, 0.717) is 11.9 Å². The van der Waals surface area contributed by atoms with Crippen LogP contribution in [0.4, 0.5) is 5.82 Å². The fourth-order valence-corrected chi connectivity index (χ4v) is 2.26. The third-order valence-electron chi connectivity index (χ3n) is 3.14. The highest BCUT2D eigenvalue weighted by molar-refractivity contribution is 5.32. The number of rotatable bonds is 2. The van der Waals surface area contributed by atoms with E-state index in [1.165, 1.54) is 57.3 Å². The molecule has 4 nitrogen and oxygen atoms in total. The van der Waals surface area contributed by atoms with Gasteiger partial charge in [0.25, 0.3) is 5.56 Å². The zero-order valence-corrected chi connectivity index (χ0v) is 9.54. The summed E-state index contributed by atoms with van der Waals surface area (Å²) in [5.41, 5.74) is -0.0941. The van der Waals surface area contributed by atoms with Gasteiger partial charge in [0, 0.05) is 12.1 Å². The van der Waals surface area contributed by atoms with Crippen molar-refractivity contribution in [3.8, 4) is 0 Å². The number of aromatic nitrogens is 2. The van der Waals surface area contributed by atoms with E-state index in [1.807, 2.05) is 0 Å². The SMILES string of the molecule is O=c1cc(NC2CCCCCCC2)nc[nH]1. The minimum Gasteiger partial charge on any atom is -0.367 e. The van der Waals surface area contributed by atoms with Crippen molar-refractivity contribution in [1.82, 2.24) is 9.97 Å². The van der Waals surface area contributed by atoms with Gasteiger partial charge in [0.05, 0.1) is 6.33 Å². The van der Waals surface area contributed by atoms with Crippen LogP contribution >= 0.6 is 0 Å². The number of nitrogens with zero attached hydrogens (tertiary/aromatic N) is 1. The molecule has 88 valence electrons. The highest BCUT2D eigenvalue weighted by Gasteiger charge is 2.11. The van der Waals surface area contributed by atoms with Crippen LogP contribution in [0.3, 0.4) is 0 Å². The Labute approximate surface area is 95.5 Å². The molecule has 1 aromatic rings. The largest absolute Gasteiger partial charge is 0.367 e. The van der Waals surface area contributed by atoms with Crippen molar-refractivity contribution in [2.45, 2.75) is 51.0 Å². The summed E-state index contributed by atoms with van der Waals surface area (Å²) in [6.45, 7) is 0. The second-order valence-corrected chi connectivity index (χ2v) is 4.48. The predicted molar refractivity (Wildman–Crippen MR) is 64.6 cm³/mol. The molecule has 0 spiro atoms. The fourth-order valence-electron chi connectivity index (χ4n) is 2.26. The Balaban J connectivity index is 1.94. The molecule has 0 radical (unpaired) electrons. The van der Waals surface area contributed by atoms with Crippen LogP contribution in [0.15, 0.2) is 17.2 Å². The van der Waals surface area contributed by atoms with E-state index in [-0.39, 0.29) is 5.56 Å². The number of hydrogen-bond donors (Lipinski definition) is 2. The number of nitrogens with one attached hydrogen (secondary N) is 2. The molecule has 0 atom stereocenters. The summed E-state index contributed by atoms with van der Waals surface area (Å²) in [5.74, 6) is 0.703. The van der Waals surface area contributed by atoms with Crippen LogP contribution in [0.1, 0.15) is 44.9 Å². The number of aromatic amines is 1. The Kier molecular flexibility index (Phi) is 3.97. The quantitative estimate of drug-likeness (QED) is 0.805. The van der Waals surface area contributed by atoms with Gasteiger partial charge in [-0.15, -0.1) is 0 Å². The Bertz CT molecular complexity index is 367. The summed E-state index contributed by atoms with van der Waals surface area (Å²) < 4.78 is 0. The molecule has 0 aromatic carbocycles. The van der Waals surface area contributed by atoms with E-state index in [1.54, 1.807) is 0 Å². The molecule has 1 heterocycles. The fraction of sp³-hybridized carbons (Fsp3) is 0.667. The number of H-pyrrole nitrogens is 1. The summed E-state index contributed by atoms with van der Waals surface area (Å²) in [6.07, 6.45) is 10.4. The topological polar surface area (TPSA) is 57.8 Å². The lowest BCUT2D eigenvalue weighted by Gasteiger charge is -2.21. The minimum atomic E-state index is -0.0941. The maximum absolute atomic E-state index is 11.1. The van der Waals surface area contributed by atoms with Crippen LogP contribution in [-0.2, 0) is 0 Å². The molecular formula is C12H19N3O. The third kappa shape index (κ3) is 3.36. The van der Waals surface area contributed by atoms with E-state index in [0.717, 1.165) is 0 Å². The molecule has 1 saturated carbocycles. The Morgan fingerprint density at radius 3 is 2.56 bits per heavy atom. The Morgan fingerprint density at radius 2 is 1.88 bits per heavy atom. The van der Waals surface area contributed by atoms with Gasteiger partial charge in [-0.3, -0.25) is 4.79 Å². The Morgan fingerprint density at radius 1 is 1.19 bits per heavy atom. The van der Waals surface area contributed by atoms with Gasteiger partial charge in [-0.2, -0.15) is 0 Å². The highest BCUT2D eigenvalue weighted by atomic mass is 16.1. The molecule has 0 aliphatic heterocycles. The van der Waals surface area contributed by atoms with Gasteiger partial charge < -0.3 is 10.3 Å². The highest BCUT2D eigenvalue weighted by Crippen LogP contribution is 2.19. The van der Waals surface area contributed by atoms with E-state index in [2.05, 4.69) is 15.3 Å². The van der Waals surface area contributed by atoms with Crippen LogP contribution in [0.2, 0.25) is 0 Å². The first-order valence-corrected chi connectivity index (χ1v) is 6.16. The van der Waals surface area contributed by atoms with Crippen LogP contribution in [-0.4, -0.2) is 16.0 Å². The van der Waals surface area contributed by atoms with Gasteiger partial charge in [0.1, 0.15) is 5.82 Å². The summed E-state index contributed by atoms with van der Waals surface area (Å²) in [5, 5.41) is 3.36. The van der Waals surface area contributed by atoms with Crippen molar-refractivity contribution in [2.24, 2.45) is 0 Å².